The van der Waals surface area contributed by atoms with E-state index in [1.807, 2.05) is 37.3 Å². The normalized spacial score (nSPS) is 15.9. The number of aromatic carboxylic acids is 1. The van der Waals surface area contributed by atoms with Crippen LogP contribution in [0.1, 0.15) is 34.3 Å². The van der Waals surface area contributed by atoms with Crippen molar-refractivity contribution >= 4 is 16.0 Å². The highest BCUT2D eigenvalue weighted by molar-refractivity contribution is 7.89. The van der Waals surface area contributed by atoms with E-state index >= 15 is 0 Å². The lowest BCUT2D eigenvalue weighted by Crippen LogP contribution is -2.48. The van der Waals surface area contributed by atoms with Crippen molar-refractivity contribution in [2.24, 2.45) is 0 Å². The van der Waals surface area contributed by atoms with Crippen LogP contribution in [0.15, 0.2) is 53.4 Å². The van der Waals surface area contributed by atoms with E-state index in [1.54, 1.807) is 6.07 Å². The zero-order valence-electron chi connectivity index (χ0n) is 13.3. The second-order valence-corrected chi connectivity index (χ2v) is 7.85. The summed E-state index contributed by atoms with van der Waals surface area (Å²) in [6.45, 7) is 2.68. The number of hydrogen-bond acceptors (Lipinski definition) is 3. The van der Waals surface area contributed by atoms with E-state index in [0.717, 1.165) is 5.56 Å². The third kappa shape index (κ3) is 2.95. The van der Waals surface area contributed by atoms with E-state index < -0.39 is 16.0 Å². The van der Waals surface area contributed by atoms with Gasteiger partial charge in [-0.2, -0.15) is 4.31 Å². The summed E-state index contributed by atoms with van der Waals surface area (Å²) in [5.41, 5.74) is 1.81. The molecule has 1 N–H and O–H groups in total. The van der Waals surface area contributed by atoms with Crippen LogP contribution >= 0.6 is 0 Å². The topological polar surface area (TPSA) is 74.7 Å². The molecule has 5 nitrogen and oxygen atoms in total. The summed E-state index contributed by atoms with van der Waals surface area (Å²) in [5.74, 6) is -0.912. The molecule has 1 heterocycles. The highest BCUT2D eigenvalue weighted by Crippen LogP contribution is 2.32. The van der Waals surface area contributed by atoms with Gasteiger partial charge in [0.2, 0.25) is 10.0 Å². The Kier molecular flexibility index (Phi) is 4.43. The SMILES string of the molecule is CCc1ccc(S(=O)(=O)N2CC(c3ccccc3)C2)cc1C(=O)O. The number of hydrogen-bond donors (Lipinski definition) is 1. The van der Waals surface area contributed by atoms with E-state index in [4.69, 9.17) is 0 Å². The molecule has 0 bridgehead atoms. The monoisotopic (exact) mass is 345 g/mol. The van der Waals surface area contributed by atoms with Crippen LogP contribution in [0.4, 0.5) is 0 Å². The van der Waals surface area contributed by atoms with Crippen LogP contribution in [0.25, 0.3) is 0 Å². The number of benzene rings is 2. The van der Waals surface area contributed by atoms with Crippen LogP contribution in [-0.2, 0) is 16.4 Å². The highest BCUT2D eigenvalue weighted by atomic mass is 32.2. The summed E-state index contributed by atoms with van der Waals surface area (Å²) in [6, 6.07) is 14.2. The minimum atomic E-state index is -3.65. The summed E-state index contributed by atoms with van der Waals surface area (Å²) in [6.07, 6.45) is 0.543. The molecule has 2 aromatic rings. The maximum absolute atomic E-state index is 12.7. The minimum Gasteiger partial charge on any atom is -0.478 e. The standard InChI is InChI=1S/C18H19NO4S/c1-2-13-8-9-16(10-17(13)18(20)21)24(22,23)19-11-15(12-19)14-6-4-3-5-7-14/h3-10,15H,2,11-12H2,1H3,(H,20,21). The molecule has 1 saturated heterocycles. The van der Waals surface area contributed by atoms with E-state index in [0.29, 0.717) is 25.1 Å². The van der Waals surface area contributed by atoms with Gasteiger partial charge >= 0.3 is 5.97 Å². The second kappa shape index (κ2) is 6.37. The lowest BCUT2D eigenvalue weighted by Gasteiger charge is -2.38. The van der Waals surface area contributed by atoms with Crippen molar-refractivity contribution in [3.8, 4) is 0 Å². The molecule has 0 unspecified atom stereocenters. The first kappa shape index (κ1) is 16.7. The van der Waals surface area contributed by atoms with Gasteiger partial charge in [-0.25, -0.2) is 13.2 Å². The molecule has 2 aromatic carbocycles. The van der Waals surface area contributed by atoms with Crippen molar-refractivity contribution in [2.75, 3.05) is 13.1 Å². The third-order valence-corrected chi connectivity index (χ3v) is 6.28. The van der Waals surface area contributed by atoms with Crippen molar-refractivity contribution in [3.05, 3.63) is 65.2 Å². The van der Waals surface area contributed by atoms with Crippen molar-refractivity contribution in [2.45, 2.75) is 24.2 Å². The molecule has 0 spiro atoms. The molecule has 0 atom stereocenters. The average Bonchev–Trinajstić information content (AvgIpc) is 2.53. The number of carboxylic acids is 1. The summed E-state index contributed by atoms with van der Waals surface area (Å²) in [5, 5.41) is 9.28. The van der Waals surface area contributed by atoms with Crippen LogP contribution in [0, 0.1) is 0 Å². The predicted octanol–water partition coefficient (Wildman–Crippen LogP) is 2.74. The molecule has 0 saturated carbocycles. The van der Waals surface area contributed by atoms with Gasteiger partial charge in [0.05, 0.1) is 10.5 Å². The summed E-state index contributed by atoms with van der Waals surface area (Å²) >= 11 is 0. The molecule has 0 radical (unpaired) electrons. The van der Waals surface area contributed by atoms with Gasteiger partial charge in [0.1, 0.15) is 0 Å². The zero-order chi connectivity index (χ0) is 17.3. The number of carboxylic acid groups (broad SMARTS) is 1. The Bertz CT molecular complexity index is 856. The Morgan fingerprint density at radius 1 is 1.17 bits per heavy atom. The van der Waals surface area contributed by atoms with Crippen molar-refractivity contribution in [1.82, 2.24) is 4.31 Å². The number of carbonyl (C=O) groups is 1. The Morgan fingerprint density at radius 3 is 2.42 bits per heavy atom. The van der Waals surface area contributed by atoms with E-state index in [1.165, 1.54) is 16.4 Å². The summed E-state index contributed by atoms with van der Waals surface area (Å²) < 4.78 is 26.8. The molecule has 1 fully saturated rings. The maximum atomic E-state index is 12.7. The summed E-state index contributed by atoms with van der Waals surface area (Å²) in [4.78, 5) is 11.4. The van der Waals surface area contributed by atoms with Gasteiger partial charge < -0.3 is 5.11 Å². The fourth-order valence-electron chi connectivity index (χ4n) is 2.94. The first-order valence-electron chi connectivity index (χ1n) is 7.84. The van der Waals surface area contributed by atoms with Crippen LogP contribution in [0.5, 0.6) is 0 Å². The molecule has 0 amide bonds. The maximum Gasteiger partial charge on any atom is 0.336 e. The fourth-order valence-corrected chi connectivity index (χ4v) is 4.50. The average molecular weight is 345 g/mol. The number of aryl methyl sites for hydroxylation is 1. The fraction of sp³-hybridized carbons (Fsp3) is 0.278. The molecule has 0 aliphatic carbocycles. The van der Waals surface area contributed by atoms with Gasteiger partial charge in [-0.3, -0.25) is 0 Å². The van der Waals surface area contributed by atoms with E-state index in [2.05, 4.69) is 0 Å². The lowest BCUT2D eigenvalue weighted by molar-refractivity contribution is 0.0695. The lowest BCUT2D eigenvalue weighted by atomic mass is 9.94. The van der Waals surface area contributed by atoms with Gasteiger partial charge in [-0.1, -0.05) is 43.3 Å². The van der Waals surface area contributed by atoms with Crippen molar-refractivity contribution < 1.29 is 18.3 Å². The molecule has 1 aliphatic rings. The van der Waals surface area contributed by atoms with Crippen LogP contribution in [0.2, 0.25) is 0 Å². The number of sulfonamides is 1. The third-order valence-electron chi connectivity index (χ3n) is 4.45. The number of rotatable bonds is 5. The van der Waals surface area contributed by atoms with Crippen molar-refractivity contribution in [1.29, 1.82) is 0 Å². The molecule has 24 heavy (non-hydrogen) atoms. The first-order chi connectivity index (χ1) is 11.4. The molecule has 3 rings (SSSR count). The predicted molar refractivity (Wildman–Crippen MR) is 90.7 cm³/mol. The highest BCUT2D eigenvalue weighted by Gasteiger charge is 2.37. The largest absolute Gasteiger partial charge is 0.478 e. The second-order valence-electron chi connectivity index (χ2n) is 5.91. The molecular formula is C18H19NO4S. The molecule has 6 heteroatoms. The Morgan fingerprint density at radius 2 is 1.83 bits per heavy atom. The number of nitrogens with zero attached hydrogens (tertiary/aromatic N) is 1. The molecular weight excluding hydrogens is 326 g/mol. The summed E-state index contributed by atoms with van der Waals surface area (Å²) in [7, 11) is -3.65. The van der Waals surface area contributed by atoms with E-state index in [9.17, 15) is 18.3 Å². The van der Waals surface area contributed by atoms with Gasteiger partial charge in [-0.15, -0.1) is 0 Å². The quantitative estimate of drug-likeness (QED) is 0.904. The zero-order valence-corrected chi connectivity index (χ0v) is 14.2. The molecule has 126 valence electrons. The minimum absolute atomic E-state index is 0.0450. The van der Waals surface area contributed by atoms with Gasteiger partial charge in [0.25, 0.3) is 0 Å². The van der Waals surface area contributed by atoms with Crippen LogP contribution < -0.4 is 0 Å². The smallest absolute Gasteiger partial charge is 0.336 e. The Hall–Kier alpha value is -2.18. The van der Waals surface area contributed by atoms with Crippen LogP contribution in [-0.4, -0.2) is 36.9 Å². The van der Waals surface area contributed by atoms with E-state index in [-0.39, 0.29) is 16.4 Å². The van der Waals surface area contributed by atoms with Gasteiger partial charge in [0, 0.05) is 19.0 Å². The Labute approximate surface area is 141 Å². The Balaban J connectivity index is 1.82. The molecule has 0 aromatic heterocycles. The van der Waals surface area contributed by atoms with Crippen molar-refractivity contribution in [3.63, 3.8) is 0 Å². The van der Waals surface area contributed by atoms with Gasteiger partial charge in [0.15, 0.2) is 0 Å². The van der Waals surface area contributed by atoms with Crippen LogP contribution in [0.3, 0.4) is 0 Å². The molecule has 1 aliphatic heterocycles. The first-order valence-corrected chi connectivity index (χ1v) is 9.28. The van der Waals surface area contributed by atoms with Gasteiger partial charge in [-0.05, 0) is 29.7 Å².